The summed E-state index contributed by atoms with van der Waals surface area (Å²) in [4.78, 5) is 14.4. The Morgan fingerprint density at radius 2 is 1.74 bits per heavy atom. The highest BCUT2D eigenvalue weighted by atomic mass is 16.5. The van der Waals surface area contributed by atoms with Crippen molar-refractivity contribution in [2.75, 3.05) is 32.6 Å². The molecule has 1 N–H and O–H groups in total. The predicted molar refractivity (Wildman–Crippen MR) is 98.4 cm³/mol. The summed E-state index contributed by atoms with van der Waals surface area (Å²) in [5.74, 6) is 3.43. The lowest BCUT2D eigenvalue weighted by Crippen LogP contribution is -2.40. The maximum Gasteiger partial charge on any atom is 0.321 e. The molecular formula is C19H24N4O4. The van der Waals surface area contributed by atoms with E-state index in [1.807, 2.05) is 0 Å². The van der Waals surface area contributed by atoms with E-state index in [1.54, 1.807) is 37.3 Å². The summed E-state index contributed by atoms with van der Waals surface area (Å²) in [5, 5.41) is 11.3. The van der Waals surface area contributed by atoms with Gasteiger partial charge in [0.1, 0.15) is 11.5 Å². The summed E-state index contributed by atoms with van der Waals surface area (Å²) >= 11 is 0. The minimum absolute atomic E-state index is 0.138. The molecular weight excluding hydrogens is 348 g/mol. The van der Waals surface area contributed by atoms with E-state index in [4.69, 9.17) is 13.9 Å². The van der Waals surface area contributed by atoms with Crippen molar-refractivity contribution >= 4 is 11.7 Å². The summed E-state index contributed by atoms with van der Waals surface area (Å²) in [5.41, 5.74) is 0.622. The van der Waals surface area contributed by atoms with Crippen LogP contribution in [0.4, 0.5) is 10.5 Å². The molecule has 4 rings (SSSR count). The number of rotatable bonds is 5. The van der Waals surface area contributed by atoms with Crippen molar-refractivity contribution in [2.24, 2.45) is 0 Å². The molecule has 2 heterocycles. The third kappa shape index (κ3) is 3.84. The van der Waals surface area contributed by atoms with E-state index >= 15 is 0 Å². The van der Waals surface area contributed by atoms with Crippen molar-refractivity contribution in [3.63, 3.8) is 0 Å². The number of anilines is 1. The molecule has 1 aliphatic heterocycles. The smallest absolute Gasteiger partial charge is 0.321 e. The van der Waals surface area contributed by atoms with E-state index in [-0.39, 0.29) is 11.9 Å². The molecule has 0 radical (unpaired) electrons. The molecule has 0 spiro atoms. The molecule has 0 atom stereocenters. The molecule has 2 fully saturated rings. The number of ether oxygens (including phenoxy) is 2. The first-order chi connectivity index (χ1) is 13.2. The SMILES string of the molecule is COc1ccc(NC(=O)N2CCC(c3nnc(C4CC4)o3)CC2)c(OC)c1. The summed E-state index contributed by atoms with van der Waals surface area (Å²) in [6.07, 6.45) is 3.93. The number of benzene rings is 1. The van der Waals surface area contributed by atoms with Crippen LogP contribution in [0.1, 0.15) is 49.3 Å². The van der Waals surface area contributed by atoms with Gasteiger partial charge in [-0.05, 0) is 37.8 Å². The van der Waals surface area contributed by atoms with Crippen molar-refractivity contribution in [3.05, 3.63) is 30.0 Å². The van der Waals surface area contributed by atoms with Crippen LogP contribution in [0, 0.1) is 0 Å². The summed E-state index contributed by atoms with van der Waals surface area (Å²) in [7, 11) is 3.16. The Morgan fingerprint density at radius 3 is 2.33 bits per heavy atom. The van der Waals surface area contributed by atoms with Gasteiger partial charge >= 0.3 is 6.03 Å². The number of urea groups is 1. The molecule has 0 bridgehead atoms. The van der Waals surface area contributed by atoms with Gasteiger partial charge in [0.15, 0.2) is 0 Å². The molecule has 1 saturated carbocycles. The number of methoxy groups -OCH3 is 2. The number of hydrogen-bond donors (Lipinski definition) is 1. The minimum atomic E-state index is -0.138. The van der Waals surface area contributed by atoms with Crippen LogP contribution in [0.25, 0.3) is 0 Å². The molecule has 8 nitrogen and oxygen atoms in total. The lowest BCUT2D eigenvalue weighted by molar-refractivity contribution is 0.189. The van der Waals surface area contributed by atoms with Gasteiger partial charge in [-0.15, -0.1) is 10.2 Å². The van der Waals surface area contributed by atoms with E-state index in [0.29, 0.717) is 42.1 Å². The van der Waals surface area contributed by atoms with Crippen LogP contribution < -0.4 is 14.8 Å². The first-order valence-corrected chi connectivity index (χ1v) is 9.29. The fourth-order valence-electron chi connectivity index (χ4n) is 3.33. The van der Waals surface area contributed by atoms with Crippen molar-refractivity contribution < 1.29 is 18.7 Å². The molecule has 2 aliphatic rings. The Hall–Kier alpha value is -2.77. The maximum absolute atomic E-state index is 12.6. The number of nitrogens with zero attached hydrogens (tertiary/aromatic N) is 3. The Bertz CT molecular complexity index is 810. The molecule has 27 heavy (non-hydrogen) atoms. The van der Waals surface area contributed by atoms with Gasteiger partial charge in [-0.2, -0.15) is 0 Å². The normalized spacial score (nSPS) is 17.6. The highest BCUT2D eigenvalue weighted by Crippen LogP contribution is 2.40. The van der Waals surface area contributed by atoms with Crippen LogP contribution in [0.2, 0.25) is 0 Å². The number of likely N-dealkylation sites (tertiary alicyclic amines) is 1. The molecule has 2 aromatic rings. The lowest BCUT2D eigenvalue weighted by atomic mass is 9.97. The average Bonchev–Trinajstić information content (AvgIpc) is 3.45. The second kappa shape index (κ2) is 7.46. The van der Waals surface area contributed by atoms with Gasteiger partial charge in [-0.3, -0.25) is 0 Å². The third-order valence-corrected chi connectivity index (χ3v) is 5.16. The second-order valence-corrected chi connectivity index (χ2v) is 7.01. The zero-order valence-electron chi connectivity index (χ0n) is 15.6. The van der Waals surface area contributed by atoms with Crippen molar-refractivity contribution in [2.45, 2.75) is 37.5 Å². The van der Waals surface area contributed by atoms with Gasteiger partial charge in [0.2, 0.25) is 11.8 Å². The fraction of sp³-hybridized carbons (Fsp3) is 0.526. The van der Waals surface area contributed by atoms with Crippen molar-refractivity contribution in [3.8, 4) is 11.5 Å². The maximum atomic E-state index is 12.6. The van der Waals surface area contributed by atoms with E-state index in [0.717, 1.165) is 31.6 Å². The number of nitrogens with one attached hydrogen (secondary N) is 1. The van der Waals surface area contributed by atoms with Gasteiger partial charge < -0.3 is 24.1 Å². The van der Waals surface area contributed by atoms with Crippen LogP contribution in [-0.2, 0) is 0 Å². The number of carbonyl (C=O) groups is 1. The molecule has 1 saturated heterocycles. The highest BCUT2D eigenvalue weighted by molar-refractivity contribution is 5.91. The molecule has 2 amide bonds. The Labute approximate surface area is 157 Å². The quantitative estimate of drug-likeness (QED) is 0.865. The molecule has 8 heteroatoms. The summed E-state index contributed by atoms with van der Waals surface area (Å²) < 4.78 is 16.3. The largest absolute Gasteiger partial charge is 0.497 e. The first-order valence-electron chi connectivity index (χ1n) is 9.29. The van der Waals surface area contributed by atoms with Crippen molar-refractivity contribution in [1.82, 2.24) is 15.1 Å². The monoisotopic (exact) mass is 372 g/mol. The lowest BCUT2D eigenvalue weighted by Gasteiger charge is -2.30. The fourth-order valence-corrected chi connectivity index (χ4v) is 3.33. The van der Waals surface area contributed by atoms with Crippen LogP contribution in [0.5, 0.6) is 11.5 Å². The number of piperidine rings is 1. The van der Waals surface area contributed by atoms with E-state index in [2.05, 4.69) is 15.5 Å². The zero-order chi connectivity index (χ0) is 18.8. The summed E-state index contributed by atoms with van der Waals surface area (Å²) in [6, 6.07) is 5.17. The molecule has 144 valence electrons. The van der Waals surface area contributed by atoms with Gasteiger partial charge in [0.05, 0.1) is 19.9 Å². The predicted octanol–water partition coefficient (Wildman–Crippen LogP) is 3.38. The Kier molecular flexibility index (Phi) is 4.87. The highest BCUT2D eigenvalue weighted by Gasteiger charge is 2.32. The zero-order valence-corrected chi connectivity index (χ0v) is 15.6. The second-order valence-electron chi connectivity index (χ2n) is 7.01. The van der Waals surface area contributed by atoms with Crippen LogP contribution in [0.15, 0.2) is 22.6 Å². The van der Waals surface area contributed by atoms with Crippen LogP contribution in [-0.4, -0.2) is 48.4 Å². The number of aromatic nitrogens is 2. The van der Waals surface area contributed by atoms with Gasteiger partial charge in [0, 0.05) is 31.0 Å². The topological polar surface area (TPSA) is 89.7 Å². The average molecular weight is 372 g/mol. The van der Waals surface area contributed by atoms with Crippen molar-refractivity contribution in [1.29, 1.82) is 0 Å². The third-order valence-electron chi connectivity index (χ3n) is 5.16. The first kappa shape index (κ1) is 17.6. The van der Waals surface area contributed by atoms with Gasteiger partial charge in [-0.1, -0.05) is 0 Å². The molecule has 1 aliphatic carbocycles. The Balaban J connectivity index is 1.34. The van der Waals surface area contributed by atoms with Gasteiger partial charge in [0.25, 0.3) is 0 Å². The number of amides is 2. The molecule has 1 aromatic carbocycles. The van der Waals surface area contributed by atoms with Gasteiger partial charge in [-0.25, -0.2) is 4.79 Å². The molecule has 1 aromatic heterocycles. The standard InChI is InChI=1S/C19H24N4O4/c1-25-14-5-6-15(16(11-14)26-2)20-19(24)23-9-7-13(8-10-23)18-22-21-17(27-18)12-3-4-12/h5-6,11-13H,3-4,7-10H2,1-2H3,(H,20,24). The summed E-state index contributed by atoms with van der Waals surface area (Å²) in [6.45, 7) is 1.30. The van der Waals surface area contributed by atoms with E-state index < -0.39 is 0 Å². The number of carbonyl (C=O) groups excluding carboxylic acids is 1. The van der Waals surface area contributed by atoms with E-state index in [9.17, 15) is 4.79 Å². The minimum Gasteiger partial charge on any atom is -0.497 e. The van der Waals surface area contributed by atoms with E-state index in [1.165, 1.54) is 0 Å². The van der Waals surface area contributed by atoms with Crippen LogP contribution >= 0.6 is 0 Å². The number of hydrogen-bond acceptors (Lipinski definition) is 6. The van der Waals surface area contributed by atoms with Crippen LogP contribution in [0.3, 0.4) is 0 Å². The molecule has 0 unspecified atom stereocenters. The Morgan fingerprint density at radius 1 is 1.07 bits per heavy atom.